The van der Waals surface area contributed by atoms with Crippen molar-refractivity contribution in [3.8, 4) is 0 Å². The lowest BCUT2D eigenvalue weighted by atomic mass is 10.2. The first-order chi connectivity index (χ1) is 12.8. The molecular weight excluding hydrogens is 491 g/mol. The third-order valence-electron chi connectivity index (χ3n) is 4.09. The number of nitrogens with zero attached hydrogens (tertiary/aromatic N) is 3. The Morgan fingerprint density at radius 2 is 1.79 bits per heavy atom. The van der Waals surface area contributed by atoms with Gasteiger partial charge in [0.1, 0.15) is 4.90 Å². The Morgan fingerprint density at radius 3 is 2.32 bits per heavy atom. The number of hydrogen-bond acceptors (Lipinski definition) is 5. The van der Waals surface area contributed by atoms with Crippen LogP contribution in [-0.2, 0) is 10.0 Å². The lowest BCUT2D eigenvalue weighted by Gasteiger charge is -2.30. The highest BCUT2D eigenvalue weighted by atomic mass is 127. The summed E-state index contributed by atoms with van der Waals surface area (Å²) in [5, 5.41) is 6.37. The Balaban J connectivity index is 0.00000729. The first-order valence-corrected chi connectivity index (χ1v) is 10.9. The van der Waals surface area contributed by atoms with E-state index < -0.39 is 10.0 Å². The zero-order valence-corrected chi connectivity index (χ0v) is 20.6. The summed E-state index contributed by atoms with van der Waals surface area (Å²) in [6.45, 7) is 11.3. The van der Waals surface area contributed by atoms with Crippen molar-refractivity contribution in [2.24, 2.45) is 4.99 Å². The Labute approximate surface area is 187 Å². The van der Waals surface area contributed by atoms with E-state index in [1.54, 1.807) is 13.1 Å². The lowest BCUT2D eigenvalue weighted by Crippen LogP contribution is -2.43. The molecule has 0 saturated heterocycles. The summed E-state index contributed by atoms with van der Waals surface area (Å²) < 4.78 is 26.7. The molecule has 0 unspecified atom stereocenters. The maximum atomic E-state index is 12.1. The van der Waals surface area contributed by atoms with E-state index >= 15 is 0 Å². The topological polar surface area (TPSA) is 98.7 Å². The molecule has 1 heterocycles. The van der Waals surface area contributed by atoms with Gasteiger partial charge in [-0.05, 0) is 46.2 Å². The molecule has 0 aliphatic rings. The van der Waals surface area contributed by atoms with Gasteiger partial charge >= 0.3 is 0 Å². The molecule has 0 radical (unpaired) electrons. The molecule has 1 rings (SSSR count). The number of rotatable bonds is 11. The van der Waals surface area contributed by atoms with Crippen molar-refractivity contribution >= 4 is 40.0 Å². The third kappa shape index (κ3) is 9.99. The molecular formula is C18H35IN6O2S. The van der Waals surface area contributed by atoms with Crippen molar-refractivity contribution in [1.29, 1.82) is 0 Å². The van der Waals surface area contributed by atoms with E-state index in [4.69, 9.17) is 0 Å². The van der Waals surface area contributed by atoms with E-state index in [9.17, 15) is 8.42 Å². The molecule has 28 heavy (non-hydrogen) atoms. The van der Waals surface area contributed by atoms with Crippen LogP contribution in [-0.4, -0.2) is 69.6 Å². The van der Waals surface area contributed by atoms with Gasteiger partial charge in [-0.25, -0.2) is 13.1 Å². The fourth-order valence-electron chi connectivity index (χ4n) is 2.76. The zero-order valence-electron chi connectivity index (χ0n) is 17.5. The zero-order chi connectivity index (χ0) is 20.3. The fraction of sp³-hybridized carbons (Fsp3) is 0.667. The second kappa shape index (κ2) is 14.1. The molecule has 0 amide bonds. The summed E-state index contributed by atoms with van der Waals surface area (Å²) in [5.41, 5.74) is 0. The second-order valence-electron chi connectivity index (χ2n) is 6.79. The van der Waals surface area contributed by atoms with E-state index in [2.05, 4.69) is 57.9 Å². The third-order valence-corrected chi connectivity index (χ3v) is 5.54. The van der Waals surface area contributed by atoms with Crippen molar-refractivity contribution in [2.75, 3.05) is 33.2 Å². The summed E-state index contributed by atoms with van der Waals surface area (Å²) in [4.78, 5) is 10.6. The van der Waals surface area contributed by atoms with Crippen LogP contribution in [0, 0.1) is 0 Å². The molecule has 10 heteroatoms. The summed E-state index contributed by atoms with van der Waals surface area (Å²) >= 11 is 0. The minimum atomic E-state index is -3.53. The van der Waals surface area contributed by atoms with Crippen LogP contribution in [0.5, 0.6) is 0 Å². The number of pyridine rings is 1. The van der Waals surface area contributed by atoms with Gasteiger partial charge in [-0.1, -0.05) is 0 Å². The highest BCUT2D eigenvalue weighted by Gasteiger charge is 2.13. The minimum Gasteiger partial charge on any atom is -0.356 e. The van der Waals surface area contributed by atoms with Gasteiger partial charge in [0.05, 0.1) is 0 Å². The van der Waals surface area contributed by atoms with Gasteiger partial charge in [-0.15, -0.1) is 24.0 Å². The fourth-order valence-corrected chi connectivity index (χ4v) is 3.75. The summed E-state index contributed by atoms with van der Waals surface area (Å²) in [5.74, 6) is 0.663. The van der Waals surface area contributed by atoms with E-state index in [1.165, 1.54) is 18.5 Å². The monoisotopic (exact) mass is 526 g/mol. The van der Waals surface area contributed by atoms with Crippen molar-refractivity contribution in [3.05, 3.63) is 24.5 Å². The SMILES string of the molecule is CN=C(NCCCN(C(C)C)C(C)C)NCCNS(=O)(=O)c1cccnc1.I. The van der Waals surface area contributed by atoms with Crippen LogP contribution in [0.3, 0.4) is 0 Å². The van der Waals surface area contributed by atoms with Crippen molar-refractivity contribution in [1.82, 2.24) is 25.2 Å². The predicted molar refractivity (Wildman–Crippen MR) is 126 cm³/mol. The molecule has 3 N–H and O–H groups in total. The van der Waals surface area contributed by atoms with E-state index in [0.717, 1.165) is 19.5 Å². The Morgan fingerprint density at radius 1 is 1.14 bits per heavy atom. The maximum Gasteiger partial charge on any atom is 0.242 e. The number of sulfonamides is 1. The van der Waals surface area contributed by atoms with E-state index in [-0.39, 0.29) is 35.4 Å². The molecule has 1 aromatic rings. The van der Waals surface area contributed by atoms with Crippen LogP contribution >= 0.6 is 24.0 Å². The van der Waals surface area contributed by atoms with Crippen LogP contribution in [0.2, 0.25) is 0 Å². The smallest absolute Gasteiger partial charge is 0.242 e. The van der Waals surface area contributed by atoms with E-state index in [0.29, 0.717) is 24.6 Å². The normalized spacial score (nSPS) is 12.4. The average Bonchev–Trinajstić information content (AvgIpc) is 2.63. The number of guanidine groups is 1. The Hall–Kier alpha value is -0.980. The minimum absolute atomic E-state index is 0. The van der Waals surface area contributed by atoms with Crippen molar-refractivity contribution < 1.29 is 8.42 Å². The van der Waals surface area contributed by atoms with Gasteiger partial charge in [0.25, 0.3) is 0 Å². The van der Waals surface area contributed by atoms with Crippen LogP contribution in [0.25, 0.3) is 0 Å². The van der Waals surface area contributed by atoms with Crippen LogP contribution in [0.1, 0.15) is 34.1 Å². The quantitative estimate of drug-likeness (QED) is 0.176. The van der Waals surface area contributed by atoms with Crippen LogP contribution in [0.15, 0.2) is 34.4 Å². The number of aromatic nitrogens is 1. The molecule has 0 saturated carbocycles. The van der Waals surface area contributed by atoms with Gasteiger partial charge in [0.2, 0.25) is 10.0 Å². The van der Waals surface area contributed by atoms with E-state index in [1.807, 2.05) is 0 Å². The molecule has 0 spiro atoms. The predicted octanol–water partition coefficient (Wildman–Crippen LogP) is 1.65. The number of aliphatic imine (C=N–C) groups is 1. The molecule has 0 fully saturated rings. The average molecular weight is 526 g/mol. The molecule has 0 aliphatic carbocycles. The van der Waals surface area contributed by atoms with Gasteiger partial charge in [0.15, 0.2) is 5.96 Å². The number of hydrogen-bond donors (Lipinski definition) is 3. The molecule has 0 aromatic carbocycles. The number of halogens is 1. The molecule has 0 aliphatic heterocycles. The van der Waals surface area contributed by atoms with Gasteiger partial charge in [-0.3, -0.25) is 14.9 Å². The first-order valence-electron chi connectivity index (χ1n) is 9.38. The lowest BCUT2D eigenvalue weighted by molar-refractivity contribution is 0.173. The van der Waals surface area contributed by atoms with Gasteiger partial charge in [0, 0.05) is 57.7 Å². The van der Waals surface area contributed by atoms with Gasteiger partial charge < -0.3 is 10.6 Å². The van der Waals surface area contributed by atoms with Crippen molar-refractivity contribution in [3.63, 3.8) is 0 Å². The van der Waals surface area contributed by atoms with Crippen molar-refractivity contribution in [2.45, 2.75) is 51.1 Å². The maximum absolute atomic E-state index is 12.1. The Kier molecular flexibility index (Phi) is 13.6. The molecule has 0 atom stereocenters. The Bertz CT molecular complexity index is 660. The second-order valence-corrected chi connectivity index (χ2v) is 8.56. The van der Waals surface area contributed by atoms with Gasteiger partial charge in [-0.2, -0.15) is 0 Å². The largest absolute Gasteiger partial charge is 0.356 e. The summed E-state index contributed by atoms with van der Waals surface area (Å²) in [6.07, 6.45) is 3.87. The summed E-state index contributed by atoms with van der Waals surface area (Å²) in [7, 11) is -1.83. The summed E-state index contributed by atoms with van der Waals surface area (Å²) in [6, 6.07) is 4.16. The molecule has 162 valence electrons. The number of nitrogens with one attached hydrogen (secondary N) is 3. The van der Waals surface area contributed by atoms with Crippen LogP contribution < -0.4 is 15.4 Å². The first kappa shape index (κ1) is 27.0. The highest BCUT2D eigenvalue weighted by molar-refractivity contribution is 14.0. The van der Waals surface area contributed by atoms with Crippen LogP contribution in [0.4, 0.5) is 0 Å². The molecule has 1 aromatic heterocycles. The highest BCUT2D eigenvalue weighted by Crippen LogP contribution is 2.05. The molecule has 8 nitrogen and oxygen atoms in total. The molecule has 0 bridgehead atoms. The standard InChI is InChI=1S/C18H34N6O2S.HI/c1-15(2)24(16(3)4)13-7-10-21-18(19-5)22-11-12-23-27(25,26)17-8-6-9-20-14-17;/h6,8-9,14-16,23H,7,10-13H2,1-5H3,(H2,19,21,22);1H.